The molecule has 1 unspecified atom stereocenters. The second kappa shape index (κ2) is 6.49. The van der Waals surface area contributed by atoms with Gasteiger partial charge in [-0.15, -0.1) is 0 Å². The van der Waals surface area contributed by atoms with Gasteiger partial charge in [0, 0.05) is 16.6 Å². The number of fused-ring (bicyclic) bond motifs is 4. The highest BCUT2D eigenvalue weighted by molar-refractivity contribution is 6.31. The maximum atomic E-state index is 12.8. The van der Waals surface area contributed by atoms with E-state index in [-0.39, 0.29) is 28.6 Å². The molecule has 1 aromatic heterocycles. The number of hydrogen-bond donors (Lipinski definition) is 4. The van der Waals surface area contributed by atoms with E-state index < -0.39 is 29.2 Å². The Bertz CT molecular complexity index is 1020. The van der Waals surface area contributed by atoms with Gasteiger partial charge in [-0.25, -0.2) is 4.79 Å². The Hall–Kier alpha value is -2.58. The molecule has 3 fully saturated rings. The number of carboxylic acid groups (broad SMARTS) is 1. The summed E-state index contributed by atoms with van der Waals surface area (Å²) in [4.78, 5) is 36.1. The first kappa shape index (κ1) is 18.8. The molecule has 4 N–H and O–H groups in total. The van der Waals surface area contributed by atoms with Crippen LogP contribution in [-0.4, -0.2) is 39.4 Å². The molecule has 2 aromatic rings. The van der Waals surface area contributed by atoms with Crippen LogP contribution in [0.25, 0.3) is 11.0 Å². The number of amides is 2. The zero-order chi connectivity index (χ0) is 20.1. The van der Waals surface area contributed by atoms with Crippen LogP contribution in [0, 0.1) is 0 Å². The molecule has 3 saturated carbocycles. The molecule has 1 aromatic carbocycles. The molecule has 0 radical (unpaired) electrons. The lowest BCUT2D eigenvalue weighted by Gasteiger charge is -2.55. The van der Waals surface area contributed by atoms with Crippen LogP contribution in [-0.2, 0) is 0 Å². The van der Waals surface area contributed by atoms with Crippen LogP contribution in [0.4, 0.5) is 4.79 Å². The highest BCUT2D eigenvalue weighted by Gasteiger charge is 2.55. The smallest absolute Gasteiger partial charge is 0.405 e. The van der Waals surface area contributed by atoms with E-state index in [4.69, 9.17) is 21.1 Å². The Morgan fingerprint density at radius 2 is 1.86 bits per heavy atom. The van der Waals surface area contributed by atoms with Crippen molar-refractivity contribution in [1.82, 2.24) is 10.6 Å². The third-order valence-corrected chi connectivity index (χ3v) is 6.20. The van der Waals surface area contributed by atoms with Gasteiger partial charge < -0.3 is 25.3 Å². The molecule has 2 bridgehead atoms. The summed E-state index contributed by atoms with van der Waals surface area (Å²) in [6.07, 6.45) is 0.0223. The van der Waals surface area contributed by atoms with Crippen molar-refractivity contribution in [2.75, 3.05) is 0 Å². The fourth-order valence-corrected chi connectivity index (χ4v) is 4.59. The average molecular weight is 407 g/mol. The molecule has 1 heterocycles. The number of benzene rings is 1. The number of carbonyl (C=O) groups excluding carboxylic acids is 1. The summed E-state index contributed by atoms with van der Waals surface area (Å²) in [5.41, 5.74) is -1.64. The van der Waals surface area contributed by atoms with E-state index >= 15 is 0 Å². The number of carbonyl (C=O) groups is 2. The molecule has 2 amide bonds. The van der Waals surface area contributed by atoms with Gasteiger partial charge in [-0.2, -0.15) is 0 Å². The van der Waals surface area contributed by atoms with Crippen LogP contribution in [0.5, 0.6) is 0 Å². The average Bonchev–Trinajstić information content (AvgIpc) is 2.63. The van der Waals surface area contributed by atoms with E-state index in [0.29, 0.717) is 30.7 Å². The van der Waals surface area contributed by atoms with Gasteiger partial charge in [0.05, 0.1) is 17.0 Å². The first-order valence-electron chi connectivity index (χ1n) is 8.97. The molecule has 28 heavy (non-hydrogen) atoms. The third kappa shape index (κ3) is 3.12. The van der Waals surface area contributed by atoms with Crippen molar-refractivity contribution in [3.8, 4) is 0 Å². The van der Waals surface area contributed by atoms with Gasteiger partial charge in [0.1, 0.15) is 5.58 Å². The second-order valence-corrected chi connectivity index (χ2v) is 8.09. The summed E-state index contributed by atoms with van der Waals surface area (Å²) in [6.45, 7) is 0. The van der Waals surface area contributed by atoms with Crippen molar-refractivity contribution in [3.05, 3.63) is 45.3 Å². The normalized spacial score (nSPS) is 28.9. The van der Waals surface area contributed by atoms with Gasteiger partial charge in [0.15, 0.2) is 11.2 Å². The molecule has 1 atom stereocenters. The maximum Gasteiger partial charge on any atom is 0.405 e. The summed E-state index contributed by atoms with van der Waals surface area (Å²) in [5, 5.41) is 25.6. The van der Waals surface area contributed by atoms with Crippen molar-refractivity contribution >= 4 is 34.6 Å². The Balaban J connectivity index is 1.56. The van der Waals surface area contributed by atoms with E-state index in [1.807, 2.05) is 0 Å². The molecular weight excluding hydrogens is 388 g/mol. The van der Waals surface area contributed by atoms with E-state index in [1.165, 1.54) is 12.1 Å². The molecule has 0 saturated heterocycles. The number of halogens is 1. The second-order valence-electron chi connectivity index (χ2n) is 7.66. The Kier molecular flexibility index (Phi) is 4.35. The van der Waals surface area contributed by atoms with Gasteiger partial charge in [-0.3, -0.25) is 9.59 Å². The minimum atomic E-state index is -1.17. The SMILES string of the molecule is O=C(O)NC12CCC(NC(=O)c3cc(=O)c4cc(Cl)ccc4o3)(CC1)CC2O. The van der Waals surface area contributed by atoms with Crippen molar-refractivity contribution in [2.45, 2.75) is 49.3 Å². The maximum absolute atomic E-state index is 12.8. The molecule has 0 aliphatic heterocycles. The zero-order valence-electron chi connectivity index (χ0n) is 14.8. The van der Waals surface area contributed by atoms with E-state index in [0.717, 1.165) is 6.07 Å². The molecular formula is C19H19ClN2O6. The summed E-state index contributed by atoms with van der Waals surface area (Å²) >= 11 is 5.89. The van der Waals surface area contributed by atoms with Gasteiger partial charge >= 0.3 is 6.09 Å². The number of aliphatic hydroxyl groups is 1. The summed E-state index contributed by atoms with van der Waals surface area (Å²) in [6, 6.07) is 5.71. The highest BCUT2D eigenvalue weighted by Crippen LogP contribution is 2.47. The van der Waals surface area contributed by atoms with E-state index in [9.17, 15) is 19.5 Å². The number of nitrogens with one attached hydrogen (secondary N) is 2. The number of rotatable bonds is 3. The molecule has 148 valence electrons. The molecule has 3 aliphatic rings. The Morgan fingerprint density at radius 1 is 1.14 bits per heavy atom. The molecule has 0 spiro atoms. The minimum Gasteiger partial charge on any atom is -0.465 e. The monoisotopic (exact) mass is 406 g/mol. The lowest BCUT2D eigenvalue weighted by atomic mass is 9.60. The van der Waals surface area contributed by atoms with E-state index in [2.05, 4.69) is 10.6 Å². The molecule has 8 nitrogen and oxygen atoms in total. The summed E-state index contributed by atoms with van der Waals surface area (Å²) in [5.74, 6) is -0.656. The van der Waals surface area contributed by atoms with Crippen molar-refractivity contribution < 1.29 is 24.2 Å². The third-order valence-electron chi connectivity index (χ3n) is 5.97. The lowest BCUT2D eigenvalue weighted by molar-refractivity contribution is -0.0563. The van der Waals surface area contributed by atoms with Crippen molar-refractivity contribution in [2.24, 2.45) is 0 Å². The quantitative estimate of drug-likeness (QED) is 0.618. The van der Waals surface area contributed by atoms with Gasteiger partial charge in [-0.05, 0) is 50.3 Å². The first-order valence-corrected chi connectivity index (χ1v) is 9.35. The van der Waals surface area contributed by atoms with E-state index in [1.54, 1.807) is 6.07 Å². The standard InChI is InChI=1S/C19H19ClN2O6/c20-10-1-2-13-11(7-10)12(23)8-14(28-13)16(25)21-18-3-5-19(6-4-18,15(24)9-18)22-17(26)27/h1-2,7-8,15,22,24H,3-6,9H2,(H,21,25)(H,26,27). The molecule has 9 heteroatoms. The number of hydrogen-bond acceptors (Lipinski definition) is 5. The van der Waals surface area contributed by atoms with Crippen molar-refractivity contribution in [1.29, 1.82) is 0 Å². The molecule has 3 aliphatic carbocycles. The fraction of sp³-hybridized carbons (Fsp3) is 0.421. The van der Waals surface area contributed by atoms with Crippen molar-refractivity contribution in [3.63, 3.8) is 0 Å². The van der Waals surface area contributed by atoms with Crippen LogP contribution in [0.3, 0.4) is 0 Å². The summed E-state index contributed by atoms with van der Waals surface area (Å²) < 4.78 is 5.58. The van der Waals surface area contributed by atoms with Gasteiger partial charge in [0.2, 0.25) is 0 Å². The van der Waals surface area contributed by atoms with Crippen LogP contribution in [0.15, 0.2) is 33.5 Å². The Labute approximate surface area is 164 Å². The molecule has 5 rings (SSSR count). The van der Waals surface area contributed by atoms with Crippen LogP contribution < -0.4 is 16.1 Å². The first-order chi connectivity index (χ1) is 13.2. The fourth-order valence-electron chi connectivity index (χ4n) is 4.42. The van der Waals surface area contributed by atoms with Crippen LogP contribution in [0.1, 0.15) is 42.7 Å². The van der Waals surface area contributed by atoms with Crippen LogP contribution in [0.2, 0.25) is 5.02 Å². The van der Waals surface area contributed by atoms with Gasteiger partial charge in [0.25, 0.3) is 5.91 Å². The number of aliphatic hydroxyl groups excluding tert-OH is 1. The minimum absolute atomic E-state index is 0.116. The summed E-state index contributed by atoms with van der Waals surface area (Å²) in [7, 11) is 0. The Morgan fingerprint density at radius 3 is 2.50 bits per heavy atom. The van der Waals surface area contributed by atoms with Crippen LogP contribution >= 0.6 is 11.6 Å². The largest absolute Gasteiger partial charge is 0.465 e. The lowest BCUT2D eigenvalue weighted by Crippen LogP contribution is -2.70. The van der Waals surface area contributed by atoms with Gasteiger partial charge in [-0.1, -0.05) is 11.6 Å². The topological polar surface area (TPSA) is 129 Å². The predicted octanol–water partition coefficient (Wildman–Crippen LogP) is 2.26. The highest BCUT2D eigenvalue weighted by atomic mass is 35.5. The zero-order valence-corrected chi connectivity index (χ0v) is 15.6. The predicted molar refractivity (Wildman–Crippen MR) is 101 cm³/mol.